The van der Waals surface area contributed by atoms with Gasteiger partial charge in [0.05, 0.1) is 6.20 Å². The third-order valence-corrected chi connectivity index (χ3v) is 5.42. The van der Waals surface area contributed by atoms with E-state index in [1.165, 1.54) is 24.2 Å². The van der Waals surface area contributed by atoms with Crippen molar-refractivity contribution in [2.24, 2.45) is 0 Å². The second-order valence-electron chi connectivity index (χ2n) is 6.05. The Bertz CT molecular complexity index is 656. The highest BCUT2D eigenvalue weighted by Crippen LogP contribution is 2.26. The lowest BCUT2D eigenvalue weighted by Gasteiger charge is -2.35. The largest absolute Gasteiger partial charge is 0.457 e. The molecule has 0 spiro atoms. The van der Waals surface area contributed by atoms with Crippen molar-refractivity contribution in [1.82, 2.24) is 9.88 Å². The second-order valence-corrected chi connectivity index (χ2v) is 7.08. The minimum absolute atomic E-state index is 0.102. The summed E-state index contributed by atoms with van der Waals surface area (Å²) in [4.78, 5) is 19.6. The number of hydrogen-bond acceptors (Lipinski definition) is 5. The topological polar surface area (TPSA) is 42.4 Å². The van der Waals surface area contributed by atoms with Gasteiger partial charge in [-0.15, -0.1) is 11.3 Å². The van der Waals surface area contributed by atoms with Gasteiger partial charge in [-0.05, 0) is 33.4 Å². The Hall–Kier alpha value is -1.72. The number of esters is 1. The Morgan fingerprint density at radius 3 is 2.87 bits per heavy atom. The van der Waals surface area contributed by atoms with Crippen LogP contribution in [0.25, 0.3) is 10.6 Å². The molecule has 1 aliphatic heterocycles. The highest BCUT2D eigenvalue weighted by Gasteiger charge is 2.28. The molecule has 0 N–H and O–H groups in total. The lowest BCUT2D eigenvalue weighted by atomic mass is 9.99. The van der Waals surface area contributed by atoms with Crippen LogP contribution in [0.5, 0.6) is 0 Å². The fourth-order valence-electron chi connectivity index (χ4n) is 3.08. The summed E-state index contributed by atoms with van der Waals surface area (Å²) in [6.45, 7) is 3.06. The first-order chi connectivity index (χ1) is 11.1. The lowest BCUT2D eigenvalue weighted by molar-refractivity contribution is 0.00163. The number of ether oxygens (including phenoxy) is 1. The maximum Gasteiger partial charge on any atom is 0.350 e. The number of benzene rings is 1. The molecule has 122 valence electrons. The van der Waals surface area contributed by atoms with Crippen LogP contribution in [0.4, 0.5) is 0 Å². The van der Waals surface area contributed by atoms with Crippen LogP contribution in [0.1, 0.15) is 35.9 Å². The number of thiazole rings is 1. The van der Waals surface area contributed by atoms with Crippen molar-refractivity contribution in [2.45, 2.75) is 38.3 Å². The zero-order chi connectivity index (χ0) is 16.2. The van der Waals surface area contributed by atoms with Crippen molar-refractivity contribution in [3.05, 3.63) is 41.4 Å². The van der Waals surface area contributed by atoms with Crippen LogP contribution < -0.4 is 0 Å². The predicted octanol–water partition coefficient (Wildman–Crippen LogP) is 3.84. The minimum Gasteiger partial charge on any atom is -0.457 e. The maximum absolute atomic E-state index is 12.4. The van der Waals surface area contributed by atoms with Gasteiger partial charge in [0.25, 0.3) is 0 Å². The lowest BCUT2D eigenvalue weighted by Crippen LogP contribution is -2.44. The summed E-state index contributed by atoms with van der Waals surface area (Å²) in [6, 6.07) is 10.2. The number of aromatic nitrogens is 1. The van der Waals surface area contributed by atoms with E-state index in [1.807, 2.05) is 37.3 Å². The van der Waals surface area contributed by atoms with Gasteiger partial charge in [-0.2, -0.15) is 0 Å². The molecule has 0 aliphatic carbocycles. The van der Waals surface area contributed by atoms with Crippen LogP contribution in [0, 0.1) is 0 Å². The van der Waals surface area contributed by atoms with Gasteiger partial charge in [-0.25, -0.2) is 9.78 Å². The van der Waals surface area contributed by atoms with Crippen LogP contribution in [0.2, 0.25) is 0 Å². The fourth-order valence-corrected chi connectivity index (χ4v) is 3.89. The Morgan fingerprint density at radius 2 is 2.13 bits per heavy atom. The summed E-state index contributed by atoms with van der Waals surface area (Å²) in [7, 11) is 2.11. The van der Waals surface area contributed by atoms with Crippen molar-refractivity contribution in [3.8, 4) is 10.6 Å². The van der Waals surface area contributed by atoms with Crippen molar-refractivity contribution in [1.29, 1.82) is 0 Å². The molecule has 2 atom stereocenters. The fraction of sp³-hybridized carbons (Fsp3) is 0.444. The number of rotatable bonds is 4. The van der Waals surface area contributed by atoms with E-state index < -0.39 is 0 Å². The monoisotopic (exact) mass is 330 g/mol. The summed E-state index contributed by atoms with van der Waals surface area (Å²) < 4.78 is 5.69. The van der Waals surface area contributed by atoms with E-state index in [0.29, 0.717) is 10.9 Å². The Morgan fingerprint density at radius 1 is 1.35 bits per heavy atom. The third-order valence-electron chi connectivity index (χ3n) is 4.39. The summed E-state index contributed by atoms with van der Waals surface area (Å²) in [5.74, 6) is -0.267. The quantitative estimate of drug-likeness (QED) is 0.799. The van der Waals surface area contributed by atoms with Crippen molar-refractivity contribution >= 4 is 17.3 Å². The predicted molar refractivity (Wildman–Crippen MR) is 92.7 cm³/mol. The Labute approximate surface area is 141 Å². The van der Waals surface area contributed by atoms with E-state index in [1.54, 1.807) is 6.20 Å². The molecule has 23 heavy (non-hydrogen) atoms. The molecule has 1 saturated heterocycles. The van der Waals surface area contributed by atoms with Crippen molar-refractivity contribution in [3.63, 3.8) is 0 Å². The molecular weight excluding hydrogens is 308 g/mol. The van der Waals surface area contributed by atoms with Crippen LogP contribution in [-0.2, 0) is 4.74 Å². The van der Waals surface area contributed by atoms with Gasteiger partial charge in [-0.1, -0.05) is 36.8 Å². The van der Waals surface area contributed by atoms with E-state index in [4.69, 9.17) is 4.74 Å². The van der Waals surface area contributed by atoms with Gasteiger partial charge < -0.3 is 4.74 Å². The molecule has 4 nitrogen and oxygen atoms in total. The molecule has 1 aromatic heterocycles. The molecule has 5 heteroatoms. The van der Waals surface area contributed by atoms with Gasteiger partial charge in [0.1, 0.15) is 16.0 Å². The van der Waals surface area contributed by atoms with Crippen LogP contribution in [-0.4, -0.2) is 41.6 Å². The smallest absolute Gasteiger partial charge is 0.350 e. The third kappa shape index (κ3) is 3.79. The van der Waals surface area contributed by atoms with E-state index in [9.17, 15) is 4.79 Å². The second kappa shape index (κ2) is 7.23. The minimum atomic E-state index is -0.267. The van der Waals surface area contributed by atoms with Crippen molar-refractivity contribution < 1.29 is 9.53 Å². The number of carbonyl (C=O) groups excluding carboxylic acids is 1. The molecule has 1 fully saturated rings. The van der Waals surface area contributed by atoms with E-state index in [-0.39, 0.29) is 12.1 Å². The SMILES string of the molecule is CC(OC(=O)c1cnc(-c2ccccc2)s1)C1CCCCN1C. The normalized spacial score (nSPS) is 20.2. The zero-order valence-corrected chi connectivity index (χ0v) is 14.4. The first kappa shape index (κ1) is 16.1. The standard InChI is InChI=1S/C18H22N2O2S/c1-13(15-10-6-7-11-20(15)2)22-18(21)16-12-19-17(23-16)14-8-4-3-5-9-14/h3-5,8-9,12-13,15H,6-7,10-11H2,1-2H3. The summed E-state index contributed by atoms with van der Waals surface area (Å²) in [6.07, 6.45) is 5.03. The molecule has 0 saturated carbocycles. The molecule has 2 heterocycles. The van der Waals surface area contributed by atoms with Crippen LogP contribution >= 0.6 is 11.3 Å². The number of hydrogen-bond donors (Lipinski definition) is 0. The van der Waals surface area contributed by atoms with Gasteiger partial charge >= 0.3 is 5.97 Å². The van der Waals surface area contributed by atoms with E-state index in [0.717, 1.165) is 23.5 Å². The molecule has 1 aliphatic rings. The van der Waals surface area contributed by atoms with Gasteiger partial charge in [0.2, 0.25) is 0 Å². The summed E-state index contributed by atoms with van der Waals surface area (Å²) in [5, 5.41) is 0.847. The first-order valence-corrected chi connectivity index (χ1v) is 8.89. The Balaban J connectivity index is 1.65. The molecule has 1 aromatic carbocycles. The molecule has 2 aromatic rings. The highest BCUT2D eigenvalue weighted by molar-refractivity contribution is 7.16. The number of likely N-dealkylation sites (tertiary alicyclic amines) is 1. The number of carbonyl (C=O) groups is 1. The van der Waals surface area contributed by atoms with Crippen LogP contribution in [0.15, 0.2) is 36.5 Å². The Kier molecular flexibility index (Phi) is 5.08. The number of likely N-dealkylation sites (N-methyl/N-ethyl adjacent to an activating group) is 1. The van der Waals surface area contributed by atoms with Gasteiger partial charge in [0, 0.05) is 11.6 Å². The van der Waals surface area contributed by atoms with E-state index >= 15 is 0 Å². The highest BCUT2D eigenvalue weighted by atomic mass is 32.1. The molecule has 3 rings (SSSR count). The first-order valence-electron chi connectivity index (χ1n) is 8.07. The molecule has 0 bridgehead atoms. The summed E-state index contributed by atoms with van der Waals surface area (Å²) >= 11 is 1.38. The zero-order valence-electron chi connectivity index (χ0n) is 13.6. The molecule has 2 unspecified atom stereocenters. The van der Waals surface area contributed by atoms with Crippen LogP contribution in [0.3, 0.4) is 0 Å². The average molecular weight is 330 g/mol. The van der Waals surface area contributed by atoms with Gasteiger partial charge in [-0.3, -0.25) is 4.90 Å². The number of nitrogens with zero attached hydrogens (tertiary/aromatic N) is 2. The average Bonchev–Trinajstić information content (AvgIpc) is 3.06. The summed E-state index contributed by atoms with van der Waals surface area (Å²) in [5.41, 5.74) is 1.02. The molecule has 0 amide bonds. The van der Waals surface area contributed by atoms with E-state index in [2.05, 4.69) is 16.9 Å². The maximum atomic E-state index is 12.4. The van der Waals surface area contributed by atoms with Crippen molar-refractivity contribution in [2.75, 3.05) is 13.6 Å². The molecule has 0 radical (unpaired) electrons. The number of piperidine rings is 1. The molecular formula is C18H22N2O2S. The van der Waals surface area contributed by atoms with Gasteiger partial charge in [0.15, 0.2) is 0 Å².